The number of fused-ring (bicyclic) bond motifs is 6. The molecule has 23 heteroatoms. The standard InChI is InChI=1S/C29H35N3O2.C24H29ClF3N3O2.C22H25F4N3O2.2H2/c1-22(2)34-26-12-11-25(20-23(26)3)28(33)31-16-13-29(14-17-31)27-10-7-15-30(27)18-19-32(29)21-24-8-5-4-6-9-24;1-15(2)33-18-6-5-16(13-17(18)25)21(32)30-11-9-23(10-12-30)19-7-8-20(24(26,27)28)31(19)14-22(3,4)29-23;1-14(2)31-15-3-4-16(17(23)13-15)20(30)28-10-7-21(8-11-28)18-5-6-19(22(24,25)26)29(18)12-9-27-21;;/h4-12,15,20,22H,13-14,16-19,21H2,1-3H3;5-8,13,15,29H,9-12,14H2,1-4H3;3-6,13-14,27H,7-12H2,1-2H3;2*1H. The summed E-state index contributed by atoms with van der Waals surface area (Å²) in [6, 6.07) is 35.6. The fourth-order valence-corrected chi connectivity index (χ4v) is 15.6. The second kappa shape index (κ2) is 28.4. The van der Waals surface area contributed by atoms with Crippen molar-refractivity contribution in [1.82, 2.24) is 43.9 Å². The molecule has 4 aromatic carbocycles. The smallest absolute Gasteiger partial charge is 0.431 e. The lowest BCUT2D eigenvalue weighted by atomic mass is 9.79. The molecule has 3 aromatic heterocycles. The molecule has 6 aliphatic rings. The highest BCUT2D eigenvalue weighted by atomic mass is 35.5. The van der Waals surface area contributed by atoms with E-state index >= 15 is 0 Å². The number of aryl methyl sites for hydroxylation is 1. The van der Waals surface area contributed by atoms with Gasteiger partial charge in [0.1, 0.15) is 34.5 Å². The van der Waals surface area contributed by atoms with Crippen LogP contribution in [0.25, 0.3) is 0 Å². The fourth-order valence-electron chi connectivity index (χ4n) is 15.3. The van der Waals surface area contributed by atoms with Crippen LogP contribution in [0.4, 0.5) is 30.7 Å². The minimum atomic E-state index is -4.41. The molecule has 0 saturated carbocycles. The number of benzene rings is 4. The quantitative estimate of drug-likeness (QED) is 0.122. The Kier molecular flexibility index (Phi) is 20.8. The van der Waals surface area contributed by atoms with E-state index < -0.39 is 52.1 Å². The average Bonchev–Trinajstić information content (AvgIpc) is 1.46. The zero-order valence-corrected chi connectivity index (χ0v) is 57.9. The number of hydrogen-bond donors (Lipinski definition) is 2. The molecule has 0 aliphatic carbocycles. The molecule has 13 rings (SSSR count). The Bertz CT molecular complexity index is 4000. The number of likely N-dealkylation sites (tertiary alicyclic amines) is 3. The van der Waals surface area contributed by atoms with Gasteiger partial charge >= 0.3 is 12.4 Å². The Morgan fingerprint density at radius 1 is 0.561 bits per heavy atom. The second-order valence-corrected chi connectivity index (χ2v) is 28.6. The van der Waals surface area contributed by atoms with Crippen LogP contribution in [-0.4, -0.2) is 127 Å². The molecule has 530 valence electrons. The van der Waals surface area contributed by atoms with Gasteiger partial charge < -0.3 is 47.9 Å². The average molecular weight is 1390 g/mol. The number of rotatable bonds is 11. The first-order valence-corrected chi connectivity index (χ1v) is 34.4. The first kappa shape index (κ1) is 71.5. The van der Waals surface area contributed by atoms with Gasteiger partial charge in [-0.1, -0.05) is 41.9 Å². The summed E-state index contributed by atoms with van der Waals surface area (Å²) in [5.41, 5.74) is 3.11. The fraction of sp³-hybridized carbons (Fsp3) is 0.480. The number of nitrogens with one attached hydrogen (secondary N) is 2. The van der Waals surface area contributed by atoms with Gasteiger partial charge in [0.25, 0.3) is 17.7 Å². The third kappa shape index (κ3) is 15.2. The van der Waals surface area contributed by atoms with E-state index in [2.05, 4.69) is 68.8 Å². The SMILES string of the molecule is CC(C)Oc1ccc(C(=O)N2CCC3(CC2)NC(C)(C)Cn2c(C(F)(F)F)ccc23)cc1Cl.CC(C)Oc1ccc(C(=O)N2CCC3(CC2)NCCn2c(C(F)(F)F)ccc23)c(F)c1.Cc1cc(C(=O)N2CCC3(CC2)c2cccn2CCN3Cc2ccccc2)ccc1OC(C)C.[HH].[HH]. The summed E-state index contributed by atoms with van der Waals surface area (Å²) in [7, 11) is 0. The van der Waals surface area contributed by atoms with Crippen LogP contribution < -0.4 is 24.8 Å². The number of piperidine rings is 3. The Morgan fingerprint density at radius 3 is 1.67 bits per heavy atom. The zero-order valence-electron chi connectivity index (χ0n) is 57.2. The number of hydrogen-bond acceptors (Lipinski definition) is 9. The Hall–Kier alpha value is -7.79. The van der Waals surface area contributed by atoms with Crippen LogP contribution in [0.3, 0.4) is 0 Å². The van der Waals surface area contributed by atoms with E-state index in [-0.39, 0.29) is 57.2 Å². The van der Waals surface area contributed by atoms with Gasteiger partial charge in [0.05, 0.1) is 45.5 Å². The predicted octanol–water partition coefficient (Wildman–Crippen LogP) is 15.4. The molecule has 2 N–H and O–H groups in total. The van der Waals surface area contributed by atoms with Crippen molar-refractivity contribution >= 4 is 29.3 Å². The molecule has 6 aliphatic heterocycles. The van der Waals surface area contributed by atoms with Crippen LogP contribution >= 0.6 is 11.6 Å². The largest absolute Gasteiger partial charge is 0.491 e. The molecule has 3 saturated heterocycles. The summed E-state index contributed by atoms with van der Waals surface area (Å²) in [5.74, 6) is 0.626. The maximum Gasteiger partial charge on any atom is 0.431 e. The highest BCUT2D eigenvalue weighted by molar-refractivity contribution is 6.32. The van der Waals surface area contributed by atoms with E-state index in [1.54, 1.807) is 40.1 Å². The molecule has 3 fully saturated rings. The van der Waals surface area contributed by atoms with E-state index in [4.69, 9.17) is 25.8 Å². The van der Waals surface area contributed by atoms with Gasteiger partial charge in [-0.3, -0.25) is 24.6 Å². The van der Waals surface area contributed by atoms with Crippen molar-refractivity contribution < 1.29 is 62.2 Å². The summed E-state index contributed by atoms with van der Waals surface area (Å²) in [4.78, 5) is 47.4. The van der Waals surface area contributed by atoms with Gasteiger partial charge in [0.15, 0.2) is 0 Å². The third-order valence-electron chi connectivity index (χ3n) is 19.7. The van der Waals surface area contributed by atoms with Crippen molar-refractivity contribution in [1.29, 1.82) is 0 Å². The number of carbonyl (C=O) groups is 3. The number of ether oxygens (including phenoxy) is 3. The van der Waals surface area contributed by atoms with Gasteiger partial charge in [0.2, 0.25) is 0 Å². The monoisotopic (exact) mass is 1380 g/mol. The van der Waals surface area contributed by atoms with Crippen LogP contribution in [0.1, 0.15) is 167 Å². The van der Waals surface area contributed by atoms with Crippen LogP contribution in [-0.2, 0) is 55.1 Å². The van der Waals surface area contributed by atoms with E-state index in [0.29, 0.717) is 91.9 Å². The van der Waals surface area contributed by atoms with E-state index in [1.807, 2.05) is 85.4 Å². The molecule has 3 amide bonds. The van der Waals surface area contributed by atoms with Crippen molar-refractivity contribution in [2.24, 2.45) is 0 Å². The molecule has 0 bridgehead atoms. The number of halogens is 8. The molecular formula is C75H93ClF7N9O6. The van der Waals surface area contributed by atoms with Crippen LogP contribution in [0.15, 0.2) is 128 Å². The number of nitrogens with zero attached hydrogens (tertiary/aromatic N) is 7. The Morgan fingerprint density at radius 2 is 1.10 bits per heavy atom. The molecule has 3 spiro atoms. The van der Waals surface area contributed by atoms with Crippen LogP contribution in [0.5, 0.6) is 17.2 Å². The van der Waals surface area contributed by atoms with Crippen molar-refractivity contribution in [2.75, 3.05) is 52.4 Å². The topological polar surface area (TPSA) is 131 Å². The summed E-state index contributed by atoms with van der Waals surface area (Å²) < 4.78 is 117. The minimum absolute atomic E-state index is 0. The third-order valence-corrected chi connectivity index (χ3v) is 20.0. The molecule has 15 nitrogen and oxygen atoms in total. The first-order valence-electron chi connectivity index (χ1n) is 34.0. The zero-order chi connectivity index (χ0) is 70.3. The lowest BCUT2D eigenvalue weighted by Gasteiger charge is -2.52. The Balaban J connectivity index is 0.000000173. The van der Waals surface area contributed by atoms with Gasteiger partial charge in [-0.25, -0.2) is 4.39 Å². The van der Waals surface area contributed by atoms with Crippen molar-refractivity contribution in [3.8, 4) is 17.2 Å². The summed E-state index contributed by atoms with van der Waals surface area (Å²) in [6.45, 7) is 24.2. The van der Waals surface area contributed by atoms with Gasteiger partial charge in [-0.05, 0) is 197 Å². The molecule has 0 unspecified atom stereocenters. The maximum atomic E-state index is 14.5. The Labute approximate surface area is 577 Å². The summed E-state index contributed by atoms with van der Waals surface area (Å²) >= 11 is 6.30. The molecule has 7 aromatic rings. The maximum absolute atomic E-state index is 14.5. The van der Waals surface area contributed by atoms with Gasteiger partial charge in [0, 0.05) is 127 Å². The van der Waals surface area contributed by atoms with Crippen LogP contribution in [0, 0.1) is 12.7 Å². The molecular weight excluding hydrogens is 1290 g/mol. The summed E-state index contributed by atoms with van der Waals surface area (Å²) in [6.07, 6.45) is -2.80. The lowest BCUT2D eigenvalue weighted by molar-refractivity contribution is -0.145. The second-order valence-electron chi connectivity index (χ2n) is 28.2. The predicted molar refractivity (Wildman–Crippen MR) is 366 cm³/mol. The van der Waals surface area contributed by atoms with E-state index in [0.717, 1.165) is 68.5 Å². The first-order chi connectivity index (χ1) is 46.4. The number of amides is 3. The normalized spacial score (nSPS) is 18.6. The van der Waals surface area contributed by atoms with Gasteiger partial charge in [-0.15, -0.1) is 0 Å². The number of aromatic nitrogens is 3. The van der Waals surface area contributed by atoms with Crippen molar-refractivity contribution in [3.63, 3.8) is 0 Å². The highest BCUT2D eigenvalue weighted by Gasteiger charge is 2.51. The molecule has 9 heterocycles. The summed E-state index contributed by atoms with van der Waals surface area (Å²) in [5, 5.41) is 7.35. The highest BCUT2D eigenvalue weighted by Crippen LogP contribution is 2.46. The van der Waals surface area contributed by atoms with E-state index in [1.165, 1.54) is 44.7 Å². The molecule has 0 radical (unpaired) electrons. The number of alkyl halides is 6. The minimum Gasteiger partial charge on any atom is -0.491 e. The molecule has 0 atom stereocenters. The van der Waals surface area contributed by atoms with Crippen molar-refractivity contribution in [3.05, 3.63) is 195 Å². The van der Waals surface area contributed by atoms with Crippen molar-refractivity contribution in [2.45, 2.75) is 180 Å². The van der Waals surface area contributed by atoms with Crippen LogP contribution in [0.2, 0.25) is 5.02 Å². The lowest BCUT2D eigenvalue weighted by Crippen LogP contribution is -2.63. The molecule has 98 heavy (non-hydrogen) atoms. The number of carbonyl (C=O) groups excluding carboxylic acids is 3. The van der Waals surface area contributed by atoms with Gasteiger partial charge in [-0.2, -0.15) is 26.3 Å². The van der Waals surface area contributed by atoms with E-state index in [9.17, 15) is 45.1 Å².